The molecule has 0 saturated carbocycles. The summed E-state index contributed by atoms with van der Waals surface area (Å²) in [6.07, 6.45) is 1.48. The van der Waals surface area contributed by atoms with Crippen LogP contribution in [0.3, 0.4) is 0 Å². The highest BCUT2D eigenvalue weighted by Gasteiger charge is 2.31. The van der Waals surface area contributed by atoms with Gasteiger partial charge in [0.05, 0.1) is 23.4 Å². The fraction of sp³-hybridized carbons (Fsp3) is 0.250. The van der Waals surface area contributed by atoms with Crippen molar-refractivity contribution in [3.05, 3.63) is 105 Å². The fourth-order valence-corrected chi connectivity index (χ4v) is 5.44. The van der Waals surface area contributed by atoms with Crippen molar-refractivity contribution in [2.45, 2.75) is 33.7 Å². The van der Waals surface area contributed by atoms with E-state index in [1.165, 1.54) is 22.7 Å². The first-order chi connectivity index (χ1) is 16.3. The Morgan fingerprint density at radius 2 is 1.68 bits per heavy atom. The van der Waals surface area contributed by atoms with E-state index < -0.39 is 0 Å². The number of thioether (sulfide) groups is 1. The quantitative estimate of drug-likeness (QED) is 0.336. The van der Waals surface area contributed by atoms with Crippen LogP contribution in [0, 0.1) is 20.8 Å². The van der Waals surface area contributed by atoms with E-state index in [9.17, 15) is 14.4 Å². The van der Waals surface area contributed by atoms with Crippen molar-refractivity contribution in [1.29, 1.82) is 0 Å². The van der Waals surface area contributed by atoms with Gasteiger partial charge in [0, 0.05) is 28.6 Å². The summed E-state index contributed by atoms with van der Waals surface area (Å²) in [5, 5.41) is 0.526. The Morgan fingerprint density at radius 3 is 2.38 bits per heavy atom. The van der Waals surface area contributed by atoms with Crippen LogP contribution in [-0.2, 0) is 4.79 Å². The molecule has 0 aliphatic carbocycles. The number of rotatable bonds is 7. The molecular formula is C28H28N2O3S. The van der Waals surface area contributed by atoms with Gasteiger partial charge in [-0.2, -0.15) is 0 Å². The second kappa shape index (κ2) is 9.85. The first-order valence-corrected chi connectivity index (χ1v) is 12.3. The van der Waals surface area contributed by atoms with E-state index in [4.69, 9.17) is 0 Å². The van der Waals surface area contributed by atoms with Gasteiger partial charge in [-0.1, -0.05) is 66.4 Å². The molecule has 4 rings (SSSR count). The molecule has 5 nitrogen and oxygen atoms in total. The number of nitrogens with zero attached hydrogens (tertiary/aromatic N) is 2. The van der Waals surface area contributed by atoms with E-state index in [0.29, 0.717) is 16.2 Å². The van der Waals surface area contributed by atoms with Crippen LogP contribution in [-0.4, -0.2) is 39.2 Å². The number of benzene rings is 2. The Labute approximate surface area is 204 Å². The van der Waals surface area contributed by atoms with Gasteiger partial charge in [-0.05, 0) is 44.9 Å². The summed E-state index contributed by atoms with van der Waals surface area (Å²) >= 11 is 1.30. The van der Waals surface area contributed by atoms with Gasteiger partial charge in [-0.15, -0.1) is 0 Å². The highest BCUT2D eigenvalue weighted by Crippen LogP contribution is 2.31. The summed E-state index contributed by atoms with van der Waals surface area (Å²) in [5.41, 5.74) is 5.11. The number of ketones is 2. The molecule has 174 valence electrons. The standard InChI is InChI=1S/C28H28N2O3S/c1-18-10-8-9-13-23(18)25(31)15-28-29(27(33)17-34-28)16-26(32)24-14-19(2)30(21(24)4)20(3)22-11-6-5-7-12-22/h5-15,20H,16-17H2,1-4H3. The van der Waals surface area contributed by atoms with E-state index in [0.717, 1.165) is 22.5 Å². The molecule has 34 heavy (non-hydrogen) atoms. The van der Waals surface area contributed by atoms with Crippen LogP contribution in [0.5, 0.6) is 0 Å². The van der Waals surface area contributed by atoms with Crippen LogP contribution in [0.15, 0.2) is 71.8 Å². The van der Waals surface area contributed by atoms with Gasteiger partial charge in [0.2, 0.25) is 5.91 Å². The lowest BCUT2D eigenvalue weighted by atomic mass is 10.0. The summed E-state index contributed by atoms with van der Waals surface area (Å²) in [6.45, 7) is 7.85. The molecule has 6 heteroatoms. The van der Waals surface area contributed by atoms with Crippen molar-refractivity contribution < 1.29 is 14.4 Å². The zero-order chi connectivity index (χ0) is 24.4. The van der Waals surface area contributed by atoms with Crippen molar-refractivity contribution in [3.8, 4) is 0 Å². The number of Topliss-reactive ketones (excluding diaryl/α,β-unsaturated/α-hetero) is 1. The lowest BCUT2D eigenvalue weighted by molar-refractivity contribution is -0.125. The normalized spacial score (nSPS) is 15.7. The Kier molecular flexibility index (Phi) is 6.89. The van der Waals surface area contributed by atoms with Gasteiger partial charge in [-0.25, -0.2) is 0 Å². The maximum Gasteiger partial charge on any atom is 0.238 e. The summed E-state index contributed by atoms with van der Waals surface area (Å²) in [7, 11) is 0. The van der Waals surface area contributed by atoms with Crippen LogP contribution < -0.4 is 0 Å². The SMILES string of the molecule is Cc1ccccc1C(=O)C=C1SCC(=O)N1CC(=O)c1cc(C)n(C(C)c2ccccc2)c1C. The number of hydrogen-bond donors (Lipinski definition) is 0. The molecule has 1 aliphatic rings. The smallest absolute Gasteiger partial charge is 0.238 e. The Bertz CT molecular complexity index is 1290. The number of hydrogen-bond acceptors (Lipinski definition) is 4. The Morgan fingerprint density at radius 1 is 1.00 bits per heavy atom. The highest BCUT2D eigenvalue weighted by atomic mass is 32.2. The molecule has 1 aliphatic heterocycles. The molecule has 3 aromatic rings. The van der Waals surface area contributed by atoms with Crippen molar-refractivity contribution in [3.63, 3.8) is 0 Å². The predicted octanol–water partition coefficient (Wildman–Crippen LogP) is 5.51. The van der Waals surface area contributed by atoms with Crippen molar-refractivity contribution in [2.75, 3.05) is 12.3 Å². The molecule has 0 N–H and O–H groups in total. The van der Waals surface area contributed by atoms with Gasteiger partial charge in [0.1, 0.15) is 0 Å². The van der Waals surface area contributed by atoms with Crippen LogP contribution in [0.4, 0.5) is 0 Å². The third-order valence-corrected chi connectivity index (χ3v) is 7.36. The molecule has 0 radical (unpaired) electrons. The van der Waals surface area contributed by atoms with Crippen molar-refractivity contribution >= 4 is 29.2 Å². The highest BCUT2D eigenvalue weighted by molar-refractivity contribution is 8.04. The third kappa shape index (κ3) is 4.64. The first-order valence-electron chi connectivity index (χ1n) is 11.3. The van der Waals surface area contributed by atoms with E-state index in [-0.39, 0.29) is 35.8 Å². The minimum atomic E-state index is -0.164. The maximum atomic E-state index is 13.3. The molecule has 0 bridgehead atoms. The van der Waals surface area contributed by atoms with Gasteiger partial charge in [0.25, 0.3) is 0 Å². The van der Waals surface area contributed by atoms with Crippen LogP contribution in [0.1, 0.15) is 56.2 Å². The predicted molar refractivity (Wildman–Crippen MR) is 136 cm³/mol. The number of carbonyl (C=O) groups excluding carboxylic acids is 3. The number of amides is 1. The van der Waals surface area contributed by atoms with Gasteiger partial charge in [0.15, 0.2) is 11.6 Å². The molecule has 2 aromatic carbocycles. The topological polar surface area (TPSA) is 59.4 Å². The van der Waals surface area contributed by atoms with E-state index >= 15 is 0 Å². The second-order valence-corrected chi connectivity index (χ2v) is 9.59. The van der Waals surface area contributed by atoms with E-state index in [1.807, 2.05) is 63.2 Å². The largest absolute Gasteiger partial charge is 0.341 e. The van der Waals surface area contributed by atoms with Crippen molar-refractivity contribution in [1.82, 2.24) is 9.47 Å². The molecule has 0 spiro atoms. The number of aromatic nitrogens is 1. The van der Waals surface area contributed by atoms with Crippen LogP contribution in [0.2, 0.25) is 0 Å². The molecule has 1 aromatic heterocycles. The van der Waals surface area contributed by atoms with Crippen LogP contribution in [0.25, 0.3) is 0 Å². The minimum absolute atomic E-state index is 0.0777. The molecule has 1 unspecified atom stereocenters. The number of carbonyl (C=O) groups is 3. The van der Waals surface area contributed by atoms with Gasteiger partial charge >= 0.3 is 0 Å². The molecular weight excluding hydrogens is 444 g/mol. The third-order valence-electron chi connectivity index (χ3n) is 6.33. The maximum absolute atomic E-state index is 13.3. The zero-order valence-electron chi connectivity index (χ0n) is 19.9. The molecule has 2 heterocycles. The number of allylic oxidation sites excluding steroid dienone is 1. The monoisotopic (exact) mass is 472 g/mol. The summed E-state index contributed by atoms with van der Waals surface area (Å²) < 4.78 is 2.15. The van der Waals surface area contributed by atoms with E-state index in [2.05, 4.69) is 23.6 Å². The Hall–Kier alpha value is -3.38. The fourth-order valence-electron chi connectivity index (χ4n) is 4.50. The van der Waals surface area contributed by atoms with E-state index in [1.54, 1.807) is 6.07 Å². The molecule has 1 amide bonds. The van der Waals surface area contributed by atoms with Crippen molar-refractivity contribution in [2.24, 2.45) is 0 Å². The molecule has 1 atom stereocenters. The number of aryl methyl sites for hydroxylation is 2. The average Bonchev–Trinajstić information content (AvgIpc) is 3.32. The minimum Gasteiger partial charge on any atom is -0.341 e. The first kappa shape index (κ1) is 23.8. The van der Waals surface area contributed by atoms with Crippen LogP contribution >= 0.6 is 11.8 Å². The Balaban J connectivity index is 1.58. The lowest BCUT2D eigenvalue weighted by Gasteiger charge is -2.20. The summed E-state index contributed by atoms with van der Waals surface area (Å²) in [6, 6.07) is 19.5. The molecule has 1 fully saturated rings. The average molecular weight is 473 g/mol. The zero-order valence-corrected chi connectivity index (χ0v) is 20.7. The summed E-state index contributed by atoms with van der Waals surface area (Å²) in [5.74, 6) is -0.231. The lowest BCUT2D eigenvalue weighted by Crippen LogP contribution is -2.31. The van der Waals surface area contributed by atoms with Gasteiger partial charge < -0.3 is 4.57 Å². The second-order valence-electron chi connectivity index (χ2n) is 8.59. The molecule has 1 saturated heterocycles. The van der Waals surface area contributed by atoms with Gasteiger partial charge in [-0.3, -0.25) is 19.3 Å². The summed E-state index contributed by atoms with van der Waals surface area (Å²) in [4.78, 5) is 40.2.